The molecule has 3 N–H and O–H groups in total. The Morgan fingerprint density at radius 2 is 1.82 bits per heavy atom. The molecule has 4 rings (SSSR count). The van der Waals surface area contributed by atoms with Gasteiger partial charge in [0.1, 0.15) is 11.9 Å². The lowest BCUT2D eigenvalue weighted by atomic mass is 10.1. The van der Waals surface area contributed by atoms with E-state index in [9.17, 15) is 14.7 Å². The minimum atomic E-state index is -1.12. The van der Waals surface area contributed by atoms with Gasteiger partial charge >= 0.3 is 5.97 Å². The van der Waals surface area contributed by atoms with Crippen molar-refractivity contribution in [2.45, 2.75) is 12.5 Å². The van der Waals surface area contributed by atoms with Gasteiger partial charge in [0, 0.05) is 10.9 Å². The Morgan fingerprint density at radius 3 is 2.61 bits per heavy atom. The average Bonchev–Trinajstić information content (AvgIpc) is 3.10. The molecule has 0 aliphatic rings. The first-order valence-corrected chi connectivity index (χ1v) is 9.47. The molecule has 0 aliphatic heterocycles. The number of halogens is 1. The number of nitrogens with zero attached hydrogens (tertiary/aromatic N) is 1. The number of aromatic nitrogens is 2. The summed E-state index contributed by atoms with van der Waals surface area (Å²) in [5.41, 5.74) is 1.96. The summed E-state index contributed by atoms with van der Waals surface area (Å²) in [6.07, 6.45) is 0.0565. The predicted octanol–water partition coefficient (Wildman–Crippen LogP) is 3.90. The number of rotatable bonds is 5. The number of hydrogen-bond donors (Lipinski definition) is 3. The highest BCUT2D eigenvalue weighted by Gasteiger charge is 2.24. The van der Waals surface area contributed by atoms with Crippen LogP contribution >= 0.6 is 15.9 Å². The van der Waals surface area contributed by atoms with Crippen molar-refractivity contribution in [2.24, 2.45) is 0 Å². The van der Waals surface area contributed by atoms with Gasteiger partial charge < -0.3 is 15.4 Å². The molecule has 6 nitrogen and oxygen atoms in total. The maximum absolute atomic E-state index is 12.8. The highest BCUT2D eigenvalue weighted by atomic mass is 79.9. The number of para-hydroxylation sites is 2. The van der Waals surface area contributed by atoms with E-state index in [0.29, 0.717) is 15.9 Å². The Hall–Kier alpha value is -3.19. The number of benzene rings is 3. The zero-order valence-electron chi connectivity index (χ0n) is 14.6. The van der Waals surface area contributed by atoms with Crippen LogP contribution in [0.4, 0.5) is 0 Å². The number of amides is 1. The third-order valence-electron chi connectivity index (χ3n) is 4.55. The first-order valence-electron chi connectivity index (χ1n) is 8.67. The van der Waals surface area contributed by atoms with E-state index in [0.717, 1.165) is 21.8 Å². The monoisotopic (exact) mass is 437 g/mol. The zero-order chi connectivity index (χ0) is 19.7. The van der Waals surface area contributed by atoms with Crippen LogP contribution < -0.4 is 5.32 Å². The quantitative estimate of drug-likeness (QED) is 0.441. The fraction of sp³-hybridized carbons (Fsp3) is 0.0952. The molecule has 7 heteroatoms. The first kappa shape index (κ1) is 18.2. The van der Waals surface area contributed by atoms with Gasteiger partial charge in [-0.1, -0.05) is 42.5 Å². The van der Waals surface area contributed by atoms with Crippen molar-refractivity contribution in [3.63, 3.8) is 0 Å². The van der Waals surface area contributed by atoms with E-state index >= 15 is 0 Å². The summed E-state index contributed by atoms with van der Waals surface area (Å²) in [6, 6.07) is 17.5. The van der Waals surface area contributed by atoms with Gasteiger partial charge in [-0.2, -0.15) is 0 Å². The van der Waals surface area contributed by atoms with Crippen LogP contribution in [0, 0.1) is 0 Å². The fourth-order valence-electron chi connectivity index (χ4n) is 3.14. The maximum Gasteiger partial charge on any atom is 0.326 e. The molecule has 3 aromatic carbocycles. The van der Waals surface area contributed by atoms with Gasteiger partial charge in [0.15, 0.2) is 0 Å². The lowest BCUT2D eigenvalue weighted by molar-refractivity contribution is -0.139. The number of nitrogens with one attached hydrogen (secondary N) is 2. The summed E-state index contributed by atoms with van der Waals surface area (Å²) < 4.78 is 0.635. The van der Waals surface area contributed by atoms with Crippen LogP contribution in [0.25, 0.3) is 21.8 Å². The molecular weight excluding hydrogens is 422 g/mol. The Bertz CT molecular complexity index is 1170. The third-order valence-corrected chi connectivity index (χ3v) is 5.40. The van der Waals surface area contributed by atoms with Crippen molar-refractivity contribution in [3.8, 4) is 0 Å². The highest BCUT2D eigenvalue weighted by molar-refractivity contribution is 9.10. The molecule has 4 aromatic rings. The van der Waals surface area contributed by atoms with E-state index in [1.54, 1.807) is 6.07 Å². The molecule has 1 heterocycles. The molecule has 0 spiro atoms. The van der Waals surface area contributed by atoms with Crippen LogP contribution in [-0.2, 0) is 11.2 Å². The van der Waals surface area contributed by atoms with Gasteiger partial charge in [-0.05, 0) is 44.9 Å². The second-order valence-corrected chi connectivity index (χ2v) is 7.21. The van der Waals surface area contributed by atoms with Gasteiger partial charge in [-0.25, -0.2) is 9.78 Å². The number of carbonyl (C=O) groups excluding carboxylic acids is 1. The maximum atomic E-state index is 12.8. The molecule has 0 bridgehead atoms. The summed E-state index contributed by atoms with van der Waals surface area (Å²) in [4.78, 5) is 32.0. The number of imidazole rings is 1. The normalized spacial score (nSPS) is 12.2. The topological polar surface area (TPSA) is 95.1 Å². The van der Waals surface area contributed by atoms with Crippen LogP contribution in [0.3, 0.4) is 0 Å². The van der Waals surface area contributed by atoms with Crippen molar-refractivity contribution >= 4 is 49.6 Å². The molecule has 0 fully saturated rings. The van der Waals surface area contributed by atoms with Crippen LogP contribution in [0.5, 0.6) is 0 Å². The van der Waals surface area contributed by atoms with Crippen LogP contribution in [0.15, 0.2) is 65.1 Å². The number of carboxylic acid groups (broad SMARTS) is 1. The molecule has 1 amide bonds. The fourth-order valence-corrected chi connectivity index (χ4v) is 3.81. The van der Waals surface area contributed by atoms with Gasteiger partial charge in [0.05, 0.1) is 16.6 Å². The van der Waals surface area contributed by atoms with Gasteiger partial charge in [0.2, 0.25) is 0 Å². The van der Waals surface area contributed by atoms with Crippen molar-refractivity contribution in [3.05, 3.63) is 76.5 Å². The minimum absolute atomic E-state index is 0.0565. The van der Waals surface area contributed by atoms with E-state index < -0.39 is 17.9 Å². The molecule has 140 valence electrons. The van der Waals surface area contributed by atoms with Gasteiger partial charge in [0.25, 0.3) is 5.91 Å². The van der Waals surface area contributed by atoms with Crippen LogP contribution in [-0.4, -0.2) is 33.0 Å². The summed E-state index contributed by atoms with van der Waals surface area (Å²) in [6.45, 7) is 0. The molecular formula is C21H16BrN3O3. The number of carbonyl (C=O) groups is 2. The largest absolute Gasteiger partial charge is 0.480 e. The van der Waals surface area contributed by atoms with E-state index in [1.165, 1.54) is 0 Å². The number of hydrogen-bond acceptors (Lipinski definition) is 3. The van der Waals surface area contributed by atoms with Crippen LogP contribution in [0.1, 0.15) is 16.2 Å². The van der Waals surface area contributed by atoms with Crippen molar-refractivity contribution in [1.82, 2.24) is 15.3 Å². The number of H-pyrrole nitrogens is 1. The molecule has 28 heavy (non-hydrogen) atoms. The standard InChI is InChI=1S/C21H16BrN3O3/c22-19-13-6-2-1-5-12(13)9-10-14(19)20(26)25-17(21(27)28)11-18-23-15-7-3-4-8-16(15)24-18/h1-10,17H,11H2,(H,23,24)(H,25,26)(H,27,28). The minimum Gasteiger partial charge on any atom is -0.480 e. The molecule has 1 unspecified atom stereocenters. The van der Waals surface area contributed by atoms with E-state index in [-0.39, 0.29) is 6.42 Å². The smallest absolute Gasteiger partial charge is 0.326 e. The first-order chi connectivity index (χ1) is 13.5. The Labute approximate surface area is 168 Å². The number of carboxylic acids is 1. The van der Waals surface area contributed by atoms with Crippen molar-refractivity contribution in [1.29, 1.82) is 0 Å². The van der Waals surface area contributed by atoms with Gasteiger partial charge in [-0.3, -0.25) is 4.79 Å². The highest BCUT2D eigenvalue weighted by Crippen LogP contribution is 2.27. The average molecular weight is 438 g/mol. The molecule has 0 saturated heterocycles. The van der Waals surface area contributed by atoms with E-state index in [2.05, 4.69) is 31.2 Å². The van der Waals surface area contributed by atoms with E-state index in [1.807, 2.05) is 54.6 Å². The van der Waals surface area contributed by atoms with Crippen LogP contribution in [0.2, 0.25) is 0 Å². The summed E-state index contributed by atoms with van der Waals surface area (Å²) in [7, 11) is 0. The number of aromatic amines is 1. The molecule has 0 radical (unpaired) electrons. The second-order valence-electron chi connectivity index (χ2n) is 6.42. The zero-order valence-corrected chi connectivity index (χ0v) is 16.2. The molecule has 1 atom stereocenters. The molecule has 1 aromatic heterocycles. The van der Waals surface area contributed by atoms with Crippen molar-refractivity contribution in [2.75, 3.05) is 0 Å². The third kappa shape index (κ3) is 3.48. The van der Waals surface area contributed by atoms with E-state index in [4.69, 9.17) is 0 Å². The summed E-state index contributed by atoms with van der Waals surface area (Å²) in [5.74, 6) is -1.07. The Kier molecular flexibility index (Phi) is 4.83. The number of fused-ring (bicyclic) bond motifs is 2. The Balaban J connectivity index is 1.58. The van der Waals surface area contributed by atoms with Crippen molar-refractivity contribution < 1.29 is 14.7 Å². The summed E-state index contributed by atoms with van der Waals surface area (Å²) in [5, 5.41) is 14.1. The Morgan fingerprint density at radius 1 is 1.07 bits per heavy atom. The lowest BCUT2D eigenvalue weighted by Gasteiger charge is -2.15. The summed E-state index contributed by atoms with van der Waals surface area (Å²) >= 11 is 3.47. The lowest BCUT2D eigenvalue weighted by Crippen LogP contribution is -2.42. The predicted molar refractivity (Wildman–Crippen MR) is 110 cm³/mol. The van der Waals surface area contributed by atoms with Gasteiger partial charge in [-0.15, -0.1) is 0 Å². The SMILES string of the molecule is O=C(NC(Cc1nc2ccccc2[nH]1)C(=O)O)c1ccc2ccccc2c1Br. The second kappa shape index (κ2) is 7.44. The molecule has 0 saturated carbocycles. The molecule has 0 aliphatic carbocycles. The number of aliphatic carboxylic acids is 1.